The number of halogens is 1. The molecule has 2 saturated heterocycles. The smallest absolute Gasteiger partial charge is 0.417 e. The van der Waals surface area contributed by atoms with Crippen LogP contribution in [0, 0.1) is 5.82 Å². The molecule has 2 amide bonds. The van der Waals surface area contributed by atoms with Gasteiger partial charge in [0.2, 0.25) is 12.1 Å². The second kappa shape index (κ2) is 8.60. The van der Waals surface area contributed by atoms with Crippen molar-refractivity contribution in [2.75, 3.05) is 43.0 Å². The van der Waals surface area contributed by atoms with Crippen molar-refractivity contribution >= 4 is 44.4 Å². The number of hydrogen-bond donors (Lipinski definition) is 0. The third-order valence-electron chi connectivity index (χ3n) is 6.14. The first-order valence-corrected chi connectivity index (χ1v) is 11.6. The summed E-state index contributed by atoms with van der Waals surface area (Å²) in [5.74, 6) is -0.657. The van der Waals surface area contributed by atoms with Crippen LogP contribution in [0.2, 0.25) is 0 Å². The molecule has 0 spiro atoms. The Balaban J connectivity index is 1.40. The van der Waals surface area contributed by atoms with E-state index in [4.69, 9.17) is 9.72 Å². The van der Waals surface area contributed by atoms with E-state index >= 15 is 0 Å². The summed E-state index contributed by atoms with van der Waals surface area (Å²) in [6.45, 7) is 4.10. The minimum absolute atomic E-state index is 0.216. The van der Waals surface area contributed by atoms with E-state index in [-0.39, 0.29) is 5.91 Å². The van der Waals surface area contributed by atoms with Gasteiger partial charge >= 0.3 is 6.09 Å². The normalized spacial score (nSPS) is 21.5. The van der Waals surface area contributed by atoms with Crippen molar-refractivity contribution in [3.8, 4) is 0 Å². The fourth-order valence-corrected chi connectivity index (χ4v) is 5.33. The molecule has 2 aliphatic rings. The standard InChI is InChI=1S/C23H24FN5O3S/c1-15(30)26(2)21-20(29(23(31)32-21)17-7-5-6-16(24)14-17)27-10-12-28(13-11-27)22-25-18-8-3-4-9-19(18)33-22/h3-9,14,20-21H,10-13H2,1-2H3. The maximum atomic E-state index is 14.0. The summed E-state index contributed by atoms with van der Waals surface area (Å²) in [5, 5.41) is 0.967. The van der Waals surface area contributed by atoms with Crippen LogP contribution in [0.25, 0.3) is 10.2 Å². The lowest BCUT2D eigenvalue weighted by Crippen LogP contribution is -2.60. The van der Waals surface area contributed by atoms with E-state index in [1.54, 1.807) is 30.5 Å². The highest BCUT2D eigenvalue weighted by molar-refractivity contribution is 7.22. The molecule has 0 aliphatic carbocycles. The average molecular weight is 470 g/mol. The van der Waals surface area contributed by atoms with Gasteiger partial charge in [0.15, 0.2) is 11.3 Å². The maximum Gasteiger partial charge on any atom is 0.417 e. The number of para-hydroxylation sites is 1. The highest BCUT2D eigenvalue weighted by Crippen LogP contribution is 2.33. The first kappa shape index (κ1) is 21.6. The second-order valence-electron chi connectivity index (χ2n) is 8.15. The Labute approximate surface area is 194 Å². The molecule has 0 saturated carbocycles. The minimum atomic E-state index is -0.799. The molecule has 10 heteroatoms. The van der Waals surface area contributed by atoms with Gasteiger partial charge in [-0.05, 0) is 30.3 Å². The third kappa shape index (κ3) is 4.00. The van der Waals surface area contributed by atoms with E-state index in [0.29, 0.717) is 31.9 Å². The van der Waals surface area contributed by atoms with Crippen molar-refractivity contribution in [1.82, 2.24) is 14.8 Å². The number of nitrogens with zero attached hydrogens (tertiary/aromatic N) is 5. The zero-order chi connectivity index (χ0) is 23.1. The van der Waals surface area contributed by atoms with Crippen LogP contribution < -0.4 is 9.80 Å². The monoisotopic (exact) mass is 469 g/mol. The molecule has 3 heterocycles. The van der Waals surface area contributed by atoms with Gasteiger partial charge in [-0.1, -0.05) is 29.5 Å². The van der Waals surface area contributed by atoms with E-state index in [1.165, 1.54) is 28.9 Å². The van der Waals surface area contributed by atoms with Crippen LogP contribution in [-0.4, -0.2) is 72.4 Å². The van der Waals surface area contributed by atoms with Gasteiger partial charge in [0.1, 0.15) is 5.82 Å². The molecule has 2 fully saturated rings. The highest BCUT2D eigenvalue weighted by Gasteiger charge is 2.49. The number of rotatable bonds is 4. The molecule has 8 nitrogen and oxygen atoms in total. The number of ether oxygens (including phenoxy) is 1. The number of piperazine rings is 1. The molecule has 2 aromatic carbocycles. The Bertz CT molecular complexity index is 1160. The van der Waals surface area contributed by atoms with Crippen molar-refractivity contribution < 1.29 is 18.7 Å². The average Bonchev–Trinajstić information content (AvgIpc) is 3.39. The van der Waals surface area contributed by atoms with E-state index in [2.05, 4.69) is 15.9 Å². The van der Waals surface area contributed by atoms with Crippen molar-refractivity contribution in [2.45, 2.75) is 19.3 Å². The number of carbonyl (C=O) groups is 2. The van der Waals surface area contributed by atoms with Crippen LogP contribution in [0.15, 0.2) is 48.5 Å². The Hall–Kier alpha value is -3.24. The Morgan fingerprint density at radius 3 is 2.61 bits per heavy atom. The fourth-order valence-electron chi connectivity index (χ4n) is 4.32. The molecule has 3 aromatic rings. The van der Waals surface area contributed by atoms with Gasteiger partial charge < -0.3 is 14.5 Å². The maximum absolute atomic E-state index is 14.0. The van der Waals surface area contributed by atoms with E-state index in [0.717, 1.165) is 15.3 Å². The molecule has 0 N–H and O–H groups in total. The molecule has 172 valence electrons. The molecular formula is C23H24FN5O3S. The number of benzene rings is 2. The van der Waals surface area contributed by atoms with Crippen LogP contribution >= 0.6 is 11.3 Å². The minimum Gasteiger partial charge on any atom is -0.421 e. The molecule has 5 rings (SSSR count). The predicted molar refractivity (Wildman–Crippen MR) is 125 cm³/mol. The number of cyclic esters (lactones) is 1. The van der Waals surface area contributed by atoms with Crippen molar-refractivity contribution in [1.29, 1.82) is 0 Å². The van der Waals surface area contributed by atoms with Crippen molar-refractivity contribution in [3.05, 3.63) is 54.3 Å². The first-order valence-electron chi connectivity index (χ1n) is 10.8. The van der Waals surface area contributed by atoms with Gasteiger partial charge in [0.25, 0.3) is 0 Å². The molecule has 33 heavy (non-hydrogen) atoms. The Kier molecular flexibility index (Phi) is 5.63. The lowest BCUT2D eigenvalue weighted by Gasteiger charge is -2.42. The largest absolute Gasteiger partial charge is 0.421 e. The first-order chi connectivity index (χ1) is 15.9. The quantitative estimate of drug-likeness (QED) is 0.584. The molecule has 2 unspecified atom stereocenters. The summed E-state index contributed by atoms with van der Waals surface area (Å²) in [4.78, 5) is 36.9. The fraction of sp³-hybridized carbons (Fsp3) is 0.348. The summed E-state index contributed by atoms with van der Waals surface area (Å²) in [7, 11) is 1.61. The molecule has 0 radical (unpaired) electrons. The zero-order valence-corrected chi connectivity index (χ0v) is 19.2. The summed E-state index contributed by atoms with van der Waals surface area (Å²) < 4.78 is 20.7. The van der Waals surface area contributed by atoms with Gasteiger partial charge in [0.05, 0.1) is 15.9 Å². The molecule has 2 atom stereocenters. The summed E-state index contributed by atoms with van der Waals surface area (Å²) in [5.41, 5.74) is 1.38. The van der Waals surface area contributed by atoms with Crippen LogP contribution in [0.4, 0.5) is 20.0 Å². The number of thiazole rings is 1. The summed E-state index contributed by atoms with van der Waals surface area (Å²) in [6, 6.07) is 13.9. The molecule has 0 bridgehead atoms. The number of fused-ring (bicyclic) bond motifs is 1. The SMILES string of the molecule is CC(=O)N(C)C1OC(=O)N(c2cccc(F)c2)C1N1CCN(c2nc3ccccc3s2)CC1. The molecule has 1 aromatic heterocycles. The zero-order valence-electron chi connectivity index (χ0n) is 18.3. The van der Waals surface area contributed by atoms with Gasteiger partial charge in [-0.25, -0.2) is 14.2 Å². The Morgan fingerprint density at radius 2 is 1.91 bits per heavy atom. The van der Waals surface area contributed by atoms with Gasteiger partial charge in [-0.15, -0.1) is 0 Å². The van der Waals surface area contributed by atoms with Crippen molar-refractivity contribution in [3.63, 3.8) is 0 Å². The van der Waals surface area contributed by atoms with E-state index in [1.807, 2.05) is 18.2 Å². The second-order valence-corrected chi connectivity index (χ2v) is 9.16. The third-order valence-corrected chi connectivity index (χ3v) is 7.24. The molecule has 2 aliphatic heterocycles. The number of anilines is 2. The van der Waals surface area contributed by atoms with E-state index in [9.17, 15) is 14.0 Å². The Morgan fingerprint density at radius 1 is 1.15 bits per heavy atom. The topological polar surface area (TPSA) is 69.2 Å². The summed E-state index contributed by atoms with van der Waals surface area (Å²) >= 11 is 1.66. The van der Waals surface area contributed by atoms with Crippen LogP contribution in [0.1, 0.15) is 6.92 Å². The van der Waals surface area contributed by atoms with Gasteiger partial charge in [0, 0.05) is 40.2 Å². The number of carbonyl (C=O) groups excluding carboxylic acids is 2. The highest BCUT2D eigenvalue weighted by atomic mass is 32.1. The van der Waals surface area contributed by atoms with Crippen LogP contribution in [-0.2, 0) is 9.53 Å². The van der Waals surface area contributed by atoms with Crippen molar-refractivity contribution in [2.24, 2.45) is 0 Å². The predicted octanol–water partition coefficient (Wildman–Crippen LogP) is 3.34. The summed E-state index contributed by atoms with van der Waals surface area (Å²) in [6.07, 6.45) is -1.96. The lowest BCUT2D eigenvalue weighted by molar-refractivity contribution is -0.137. The number of likely N-dealkylation sites (N-methyl/N-ethyl adjacent to an activating group) is 1. The number of amides is 2. The van der Waals surface area contributed by atoms with Gasteiger partial charge in [-0.3, -0.25) is 14.6 Å². The van der Waals surface area contributed by atoms with Crippen LogP contribution in [0.3, 0.4) is 0 Å². The lowest BCUT2D eigenvalue weighted by atomic mass is 10.2. The van der Waals surface area contributed by atoms with Crippen LogP contribution in [0.5, 0.6) is 0 Å². The molecular weight excluding hydrogens is 445 g/mol. The number of aromatic nitrogens is 1. The van der Waals surface area contributed by atoms with Gasteiger partial charge in [-0.2, -0.15) is 0 Å². The van der Waals surface area contributed by atoms with E-state index < -0.39 is 24.3 Å². The number of hydrogen-bond acceptors (Lipinski definition) is 7.